The molecule has 0 aliphatic heterocycles. The molecule has 3 heteroatoms. The molecule has 152 valence electrons. The zero-order valence-electron chi connectivity index (χ0n) is 17.4. The third-order valence-corrected chi connectivity index (χ3v) is 6.27. The Bertz CT molecular complexity index is 1000. The van der Waals surface area contributed by atoms with Crippen molar-refractivity contribution in [3.8, 4) is 0 Å². The third kappa shape index (κ3) is 3.35. The molecule has 1 fully saturated rings. The van der Waals surface area contributed by atoms with Crippen LogP contribution < -0.4 is 0 Å². The standard InChI is InChI=1S/C27H26O3/c1-3-30-26(29)25(28)23-18-27(21-13-6-4-7-14-21,22-15-8-5-9-16-22)24(23)20-12-10-11-19(2)17-20/h4-17,23-24H,3,18H2,1-2H3/t23-,24+/m1/s1. The fourth-order valence-electron chi connectivity index (χ4n) is 4.99. The first-order valence-electron chi connectivity index (χ1n) is 10.5. The minimum atomic E-state index is -0.727. The lowest BCUT2D eigenvalue weighted by atomic mass is 9.46. The summed E-state index contributed by atoms with van der Waals surface area (Å²) in [5.41, 5.74) is 4.17. The molecule has 0 bridgehead atoms. The molecule has 0 N–H and O–H groups in total. The van der Waals surface area contributed by atoms with Crippen molar-refractivity contribution in [1.82, 2.24) is 0 Å². The fraction of sp³-hybridized carbons (Fsp3) is 0.259. The van der Waals surface area contributed by atoms with Crippen LogP contribution in [0.25, 0.3) is 0 Å². The van der Waals surface area contributed by atoms with E-state index in [1.54, 1.807) is 6.92 Å². The van der Waals surface area contributed by atoms with Crippen molar-refractivity contribution in [2.45, 2.75) is 31.6 Å². The number of ketones is 1. The number of ether oxygens (including phenoxy) is 1. The number of benzene rings is 3. The van der Waals surface area contributed by atoms with Crippen LogP contribution in [0.5, 0.6) is 0 Å². The molecule has 0 radical (unpaired) electrons. The first-order valence-corrected chi connectivity index (χ1v) is 10.5. The van der Waals surface area contributed by atoms with Crippen molar-refractivity contribution in [3.05, 3.63) is 107 Å². The van der Waals surface area contributed by atoms with Gasteiger partial charge in [-0.05, 0) is 37.0 Å². The van der Waals surface area contributed by atoms with Crippen LogP contribution in [0.1, 0.15) is 41.5 Å². The normalized spacial score (nSPS) is 19.5. The summed E-state index contributed by atoms with van der Waals surface area (Å²) in [6.45, 7) is 3.98. The predicted molar refractivity (Wildman–Crippen MR) is 117 cm³/mol. The molecule has 0 spiro atoms. The van der Waals surface area contributed by atoms with Gasteiger partial charge in [-0.15, -0.1) is 0 Å². The van der Waals surface area contributed by atoms with Crippen LogP contribution in [0.2, 0.25) is 0 Å². The average Bonchev–Trinajstić information content (AvgIpc) is 2.75. The largest absolute Gasteiger partial charge is 0.460 e. The van der Waals surface area contributed by atoms with E-state index in [2.05, 4.69) is 49.4 Å². The van der Waals surface area contributed by atoms with Crippen molar-refractivity contribution in [1.29, 1.82) is 0 Å². The Morgan fingerprint density at radius 1 is 0.900 bits per heavy atom. The maximum absolute atomic E-state index is 13.1. The molecule has 0 saturated heterocycles. The van der Waals surface area contributed by atoms with Gasteiger partial charge in [0, 0.05) is 17.3 Å². The van der Waals surface area contributed by atoms with Crippen molar-refractivity contribution in [3.63, 3.8) is 0 Å². The van der Waals surface area contributed by atoms with Crippen LogP contribution in [-0.2, 0) is 19.7 Å². The molecule has 3 nitrogen and oxygen atoms in total. The van der Waals surface area contributed by atoms with Crippen molar-refractivity contribution < 1.29 is 14.3 Å². The van der Waals surface area contributed by atoms with E-state index in [0.29, 0.717) is 6.42 Å². The van der Waals surface area contributed by atoms with Gasteiger partial charge < -0.3 is 4.74 Å². The Hall–Kier alpha value is -3.20. The minimum absolute atomic E-state index is 0.140. The lowest BCUT2D eigenvalue weighted by Crippen LogP contribution is -2.54. The number of carbonyl (C=O) groups excluding carboxylic acids is 2. The van der Waals surface area contributed by atoms with E-state index < -0.39 is 17.7 Å². The summed E-state index contributed by atoms with van der Waals surface area (Å²) in [6.07, 6.45) is 0.581. The second-order valence-corrected chi connectivity index (χ2v) is 7.99. The van der Waals surface area contributed by atoms with E-state index >= 15 is 0 Å². The van der Waals surface area contributed by atoms with Gasteiger partial charge in [0.15, 0.2) is 0 Å². The number of rotatable bonds is 6. The van der Waals surface area contributed by atoms with Crippen LogP contribution in [0.15, 0.2) is 84.9 Å². The van der Waals surface area contributed by atoms with E-state index in [1.807, 2.05) is 42.5 Å². The molecular weight excluding hydrogens is 372 g/mol. The molecule has 0 aromatic heterocycles. The Morgan fingerprint density at radius 2 is 1.50 bits per heavy atom. The number of carbonyl (C=O) groups is 2. The number of aryl methyl sites for hydroxylation is 1. The van der Waals surface area contributed by atoms with Gasteiger partial charge in [0.25, 0.3) is 0 Å². The molecular formula is C27H26O3. The molecule has 0 amide bonds. The summed E-state index contributed by atoms with van der Waals surface area (Å²) >= 11 is 0. The fourth-order valence-corrected chi connectivity index (χ4v) is 4.99. The van der Waals surface area contributed by atoms with E-state index in [-0.39, 0.29) is 17.9 Å². The Labute approximate surface area is 177 Å². The zero-order valence-corrected chi connectivity index (χ0v) is 17.4. The molecule has 2 atom stereocenters. The van der Waals surface area contributed by atoms with Crippen LogP contribution in [0, 0.1) is 12.8 Å². The molecule has 1 aliphatic carbocycles. The Kier molecular flexibility index (Phi) is 5.54. The van der Waals surface area contributed by atoms with Crippen molar-refractivity contribution >= 4 is 11.8 Å². The second kappa shape index (κ2) is 8.27. The molecule has 3 aromatic rings. The topological polar surface area (TPSA) is 43.4 Å². The highest BCUT2D eigenvalue weighted by Crippen LogP contribution is 2.62. The number of esters is 1. The van der Waals surface area contributed by atoms with Gasteiger partial charge in [0.2, 0.25) is 5.78 Å². The SMILES string of the molecule is CCOC(=O)C(=O)[C@@H]1CC(c2ccccc2)(c2ccccc2)[C@H]1c1cccc(C)c1. The molecule has 0 unspecified atom stereocenters. The van der Waals surface area contributed by atoms with Crippen molar-refractivity contribution in [2.75, 3.05) is 6.61 Å². The maximum Gasteiger partial charge on any atom is 0.374 e. The molecule has 1 aliphatic rings. The molecule has 0 heterocycles. The second-order valence-electron chi connectivity index (χ2n) is 7.99. The molecule has 1 saturated carbocycles. The highest BCUT2D eigenvalue weighted by atomic mass is 16.5. The van der Waals surface area contributed by atoms with E-state index in [9.17, 15) is 9.59 Å². The lowest BCUT2D eigenvalue weighted by molar-refractivity contribution is -0.158. The van der Waals surface area contributed by atoms with E-state index in [4.69, 9.17) is 4.74 Å². The molecule has 30 heavy (non-hydrogen) atoms. The van der Waals surface area contributed by atoms with Gasteiger partial charge in [-0.2, -0.15) is 0 Å². The van der Waals surface area contributed by atoms with Crippen LogP contribution in [-0.4, -0.2) is 18.4 Å². The predicted octanol–water partition coefficient (Wildman–Crippen LogP) is 5.22. The number of Topliss-reactive ketones (excluding diaryl/α,β-unsaturated/α-hetero) is 1. The first-order chi connectivity index (χ1) is 14.6. The van der Waals surface area contributed by atoms with Gasteiger partial charge in [0.05, 0.1) is 6.61 Å². The Balaban J connectivity index is 1.89. The number of hydrogen-bond acceptors (Lipinski definition) is 3. The van der Waals surface area contributed by atoms with Gasteiger partial charge >= 0.3 is 5.97 Å². The Morgan fingerprint density at radius 3 is 2.03 bits per heavy atom. The lowest BCUT2D eigenvalue weighted by Gasteiger charge is -2.55. The summed E-state index contributed by atoms with van der Waals surface area (Å²) < 4.78 is 5.06. The zero-order chi connectivity index (χ0) is 21.1. The summed E-state index contributed by atoms with van der Waals surface area (Å²) in [6, 6.07) is 28.9. The monoisotopic (exact) mass is 398 g/mol. The minimum Gasteiger partial charge on any atom is -0.460 e. The third-order valence-electron chi connectivity index (χ3n) is 6.27. The molecule has 4 rings (SSSR count). The van der Waals surface area contributed by atoms with Crippen LogP contribution in [0.4, 0.5) is 0 Å². The van der Waals surface area contributed by atoms with Crippen molar-refractivity contribution in [2.24, 2.45) is 5.92 Å². The number of hydrogen-bond donors (Lipinski definition) is 0. The summed E-state index contributed by atoms with van der Waals surface area (Å²) in [4.78, 5) is 25.4. The van der Waals surface area contributed by atoms with Crippen LogP contribution >= 0.6 is 0 Å². The van der Waals surface area contributed by atoms with Gasteiger partial charge in [-0.3, -0.25) is 4.79 Å². The average molecular weight is 399 g/mol. The molecule has 3 aromatic carbocycles. The highest BCUT2D eigenvalue weighted by Gasteiger charge is 2.59. The van der Waals surface area contributed by atoms with Crippen LogP contribution in [0.3, 0.4) is 0 Å². The quantitative estimate of drug-likeness (QED) is 0.422. The smallest absolute Gasteiger partial charge is 0.374 e. The summed E-state index contributed by atoms with van der Waals surface area (Å²) in [7, 11) is 0. The summed E-state index contributed by atoms with van der Waals surface area (Å²) in [5.74, 6) is -1.70. The highest BCUT2D eigenvalue weighted by molar-refractivity contribution is 6.35. The van der Waals surface area contributed by atoms with E-state index in [1.165, 1.54) is 0 Å². The van der Waals surface area contributed by atoms with Gasteiger partial charge in [0.1, 0.15) is 0 Å². The summed E-state index contributed by atoms with van der Waals surface area (Å²) in [5, 5.41) is 0. The first kappa shape index (κ1) is 20.1. The van der Waals surface area contributed by atoms with Gasteiger partial charge in [-0.25, -0.2) is 4.79 Å². The maximum atomic E-state index is 13.1. The van der Waals surface area contributed by atoms with E-state index in [0.717, 1.165) is 22.3 Å². The van der Waals surface area contributed by atoms with Gasteiger partial charge in [-0.1, -0.05) is 90.5 Å².